The van der Waals surface area contributed by atoms with Crippen LogP contribution in [0.4, 0.5) is 0 Å². The maximum atomic E-state index is 10.3. The lowest BCUT2D eigenvalue weighted by molar-refractivity contribution is -0.135. The Morgan fingerprint density at radius 1 is 1.41 bits per heavy atom. The van der Waals surface area contributed by atoms with E-state index in [9.17, 15) is 4.79 Å². The topological polar surface area (TPSA) is 61.1 Å². The molecule has 3 heteroatoms. The second-order valence-electron chi connectivity index (χ2n) is 4.32. The minimum atomic E-state index is -0.834. The molecule has 2 rings (SSSR count). The summed E-state index contributed by atoms with van der Waals surface area (Å²) < 4.78 is 0. The molecular formula is C14H13NO2. The van der Waals surface area contributed by atoms with Gasteiger partial charge in [-0.1, -0.05) is 36.4 Å². The largest absolute Gasteiger partial charge is 0.481 e. The van der Waals surface area contributed by atoms with Crippen LogP contribution in [0, 0.1) is 11.3 Å². The molecule has 1 aliphatic carbocycles. The molecule has 3 nitrogen and oxygen atoms in total. The van der Waals surface area contributed by atoms with Gasteiger partial charge in [0, 0.05) is 0 Å². The van der Waals surface area contributed by atoms with Crippen LogP contribution in [-0.2, 0) is 10.2 Å². The third-order valence-corrected chi connectivity index (χ3v) is 3.03. The minimum Gasteiger partial charge on any atom is -0.481 e. The summed E-state index contributed by atoms with van der Waals surface area (Å²) in [7, 11) is 0. The summed E-state index contributed by atoms with van der Waals surface area (Å²) in [5.74, 6) is -0.834. The van der Waals surface area contributed by atoms with Crippen molar-refractivity contribution in [3.05, 3.63) is 41.5 Å². The van der Waals surface area contributed by atoms with Crippen molar-refractivity contribution < 1.29 is 9.90 Å². The summed E-state index contributed by atoms with van der Waals surface area (Å²) in [6, 6.07) is 10.1. The Morgan fingerprint density at radius 2 is 2.06 bits per heavy atom. The second kappa shape index (κ2) is 4.42. The number of nitrogens with zero attached hydrogens (tertiary/aromatic N) is 1. The molecule has 0 aromatic heterocycles. The standard InChI is InChI=1S/C14H13NO2/c15-10-14(8-9-14)12-6-4-11(5-7-12)2-1-3-13(16)17/h1-2,4-7H,3,8-9H2,(H,16,17). The van der Waals surface area contributed by atoms with Gasteiger partial charge in [-0.05, 0) is 24.0 Å². The molecule has 1 aliphatic rings. The van der Waals surface area contributed by atoms with Crippen LogP contribution in [0.15, 0.2) is 30.3 Å². The van der Waals surface area contributed by atoms with Crippen molar-refractivity contribution in [3.63, 3.8) is 0 Å². The van der Waals surface area contributed by atoms with Gasteiger partial charge in [-0.15, -0.1) is 0 Å². The predicted molar refractivity (Wildman–Crippen MR) is 64.3 cm³/mol. The molecule has 1 fully saturated rings. The molecule has 0 atom stereocenters. The van der Waals surface area contributed by atoms with Gasteiger partial charge in [0.1, 0.15) is 0 Å². The molecular weight excluding hydrogens is 214 g/mol. The van der Waals surface area contributed by atoms with E-state index in [4.69, 9.17) is 10.4 Å². The fraction of sp³-hybridized carbons (Fsp3) is 0.286. The van der Waals surface area contributed by atoms with Crippen molar-refractivity contribution in [2.45, 2.75) is 24.7 Å². The smallest absolute Gasteiger partial charge is 0.307 e. The number of nitriles is 1. The van der Waals surface area contributed by atoms with Crippen LogP contribution >= 0.6 is 0 Å². The molecule has 1 aromatic rings. The number of carboxylic acid groups (broad SMARTS) is 1. The van der Waals surface area contributed by atoms with Crippen molar-refractivity contribution >= 4 is 12.0 Å². The van der Waals surface area contributed by atoms with Crippen LogP contribution in [0.3, 0.4) is 0 Å². The lowest BCUT2D eigenvalue weighted by Crippen LogP contribution is -2.01. The molecule has 0 spiro atoms. The van der Waals surface area contributed by atoms with Crippen LogP contribution in [0.5, 0.6) is 0 Å². The Hall–Kier alpha value is -2.08. The molecule has 0 amide bonds. The Balaban J connectivity index is 2.06. The van der Waals surface area contributed by atoms with Gasteiger partial charge in [-0.25, -0.2) is 0 Å². The first-order valence-electron chi connectivity index (χ1n) is 5.56. The lowest BCUT2D eigenvalue weighted by atomic mass is 9.96. The van der Waals surface area contributed by atoms with Crippen molar-refractivity contribution in [1.82, 2.24) is 0 Å². The van der Waals surface area contributed by atoms with E-state index < -0.39 is 5.97 Å². The van der Waals surface area contributed by atoms with Crippen molar-refractivity contribution in [3.8, 4) is 6.07 Å². The number of benzene rings is 1. The zero-order valence-corrected chi connectivity index (χ0v) is 9.39. The van der Waals surface area contributed by atoms with Crippen LogP contribution in [0.25, 0.3) is 6.08 Å². The quantitative estimate of drug-likeness (QED) is 0.860. The van der Waals surface area contributed by atoms with E-state index in [1.165, 1.54) is 0 Å². The van der Waals surface area contributed by atoms with Crippen LogP contribution < -0.4 is 0 Å². The monoisotopic (exact) mass is 227 g/mol. The van der Waals surface area contributed by atoms with Gasteiger partial charge < -0.3 is 5.11 Å². The zero-order valence-electron chi connectivity index (χ0n) is 9.39. The van der Waals surface area contributed by atoms with Gasteiger partial charge in [0.05, 0.1) is 17.9 Å². The Labute approximate surface area is 100 Å². The van der Waals surface area contributed by atoms with Crippen molar-refractivity contribution in [2.75, 3.05) is 0 Å². The van der Waals surface area contributed by atoms with Crippen LogP contribution in [-0.4, -0.2) is 11.1 Å². The number of carboxylic acids is 1. The highest BCUT2D eigenvalue weighted by molar-refractivity contribution is 5.70. The average Bonchev–Trinajstić information content (AvgIpc) is 3.10. The van der Waals surface area contributed by atoms with Gasteiger partial charge in [0.25, 0.3) is 0 Å². The van der Waals surface area contributed by atoms with Crippen LogP contribution in [0.2, 0.25) is 0 Å². The van der Waals surface area contributed by atoms with Gasteiger partial charge in [-0.2, -0.15) is 5.26 Å². The zero-order chi connectivity index (χ0) is 12.3. The molecule has 0 unspecified atom stereocenters. The minimum absolute atomic E-state index is 0.0316. The Morgan fingerprint density at radius 3 is 2.53 bits per heavy atom. The van der Waals surface area contributed by atoms with E-state index in [1.807, 2.05) is 24.3 Å². The van der Waals surface area contributed by atoms with Gasteiger partial charge in [0.15, 0.2) is 0 Å². The maximum absolute atomic E-state index is 10.3. The van der Waals surface area contributed by atoms with E-state index >= 15 is 0 Å². The summed E-state index contributed by atoms with van der Waals surface area (Å²) in [6.45, 7) is 0. The van der Waals surface area contributed by atoms with Gasteiger partial charge in [0.2, 0.25) is 0 Å². The molecule has 0 aliphatic heterocycles. The number of hydrogen-bond acceptors (Lipinski definition) is 2. The molecule has 86 valence electrons. The lowest BCUT2D eigenvalue weighted by Gasteiger charge is -2.05. The molecule has 17 heavy (non-hydrogen) atoms. The van der Waals surface area contributed by atoms with Crippen LogP contribution in [0.1, 0.15) is 30.4 Å². The van der Waals surface area contributed by atoms with Gasteiger partial charge >= 0.3 is 5.97 Å². The fourth-order valence-electron chi connectivity index (χ4n) is 1.80. The number of hydrogen-bond donors (Lipinski definition) is 1. The Bertz CT molecular complexity index is 490. The predicted octanol–water partition coefficient (Wildman–Crippen LogP) is 2.73. The van der Waals surface area contributed by atoms with E-state index in [-0.39, 0.29) is 11.8 Å². The third kappa shape index (κ3) is 2.54. The Kier molecular flexibility index (Phi) is 2.97. The molecule has 1 aromatic carbocycles. The average molecular weight is 227 g/mol. The molecule has 0 heterocycles. The summed E-state index contributed by atoms with van der Waals surface area (Å²) in [4.78, 5) is 10.3. The second-order valence-corrected chi connectivity index (χ2v) is 4.32. The normalized spacial score (nSPS) is 16.6. The molecule has 1 saturated carbocycles. The first-order chi connectivity index (χ1) is 8.16. The molecule has 1 N–H and O–H groups in total. The summed E-state index contributed by atoms with van der Waals surface area (Å²) in [5, 5.41) is 17.5. The number of aliphatic carboxylic acids is 1. The first-order valence-corrected chi connectivity index (χ1v) is 5.56. The van der Waals surface area contributed by atoms with E-state index in [1.54, 1.807) is 12.2 Å². The molecule has 0 radical (unpaired) electrons. The SMILES string of the molecule is N#CC1(c2ccc(C=CCC(=O)O)cc2)CC1. The summed E-state index contributed by atoms with van der Waals surface area (Å²) >= 11 is 0. The van der Waals surface area contributed by atoms with E-state index in [0.717, 1.165) is 24.0 Å². The van der Waals surface area contributed by atoms with E-state index in [2.05, 4.69) is 6.07 Å². The van der Waals surface area contributed by atoms with Gasteiger partial charge in [-0.3, -0.25) is 4.79 Å². The number of rotatable bonds is 4. The highest BCUT2D eigenvalue weighted by atomic mass is 16.4. The maximum Gasteiger partial charge on any atom is 0.307 e. The molecule has 0 saturated heterocycles. The van der Waals surface area contributed by atoms with Crippen molar-refractivity contribution in [1.29, 1.82) is 5.26 Å². The summed E-state index contributed by atoms with van der Waals surface area (Å²) in [5.41, 5.74) is 1.78. The van der Waals surface area contributed by atoms with Crippen molar-refractivity contribution in [2.24, 2.45) is 0 Å². The highest BCUT2D eigenvalue weighted by Crippen LogP contribution is 2.47. The first kappa shape index (κ1) is 11.4. The van der Waals surface area contributed by atoms with E-state index in [0.29, 0.717) is 0 Å². The number of carbonyl (C=O) groups is 1. The summed E-state index contributed by atoms with van der Waals surface area (Å²) in [6.07, 6.45) is 5.32. The molecule has 0 bridgehead atoms. The fourth-order valence-corrected chi connectivity index (χ4v) is 1.80. The third-order valence-electron chi connectivity index (χ3n) is 3.03. The highest BCUT2D eigenvalue weighted by Gasteiger charge is 2.44.